The van der Waals surface area contributed by atoms with Crippen LogP contribution in [-0.4, -0.2) is 31.8 Å². The van der Waals surface area contributed by atoms with E-state index in [1.165, 1.54) is 4.90 Å². The van der Waals surface area contributed by atoms with Crippen LogP contribution in [0.25, 0.3) is 0 Å². The van der Waals surface area contributed by atoms with Gasteiger partial charge < -0.3 is 10.2 Å². The largest absolute Gasteiger partial charge is 0.390 e. The fourth-order valence-corrected chi connectivity index (χ4v) is 1.58. The van der Waals surface area contributed by atoms with Gasteiger partial charge in [-0.3, -0.25) is 0 Å². The molecule has 3 nitrogen and oxygen atoms in total. The second-order valence-electron chi connectivity index (χ2n) is 4.23. The quantitative estimate of drug-likeness (QED) is 0.882. The maximum absolute atomic E-state index is 12.1. The third-order valence-electron chi connectivity index (χ3n) is 2.67. The summed E-state index contributed by atoms with van der Waals surface area (Å²) in [5, 5.41) is 3.02. The highest BCUT2D eigenvalue weighted by molar-refractivity contribution is 5.40. The Balaban J connectivity index is 2.69. The summed E-state index contributed by atoms with van der Waals surface area (Å²) >= 11 is 0. The highest BCUT2D eigenvalue weighted by Gasteiger charge is 2.27. The minimum Gasteiger partial charge on any atom is -0.359 e. The van der Waals surface area contributed by atoms with Crippen molar-refractivity contribution in [1.29, 1.82) is 0 Å². The molecule has 0 amide bonds. The molecule has 1 N–H and O–H groups in total. The maximum Gasteiger partial charge on any atom is 0.390 e. The molecular weight excluding hydrogens is 243 g/mol. The van der Waals surface area contributed by atoms with Crippen molar-refractivity contribution in [3.63, 3.8) is 0 Å². The average molecular weight is 261 g/mol. The molecule has 1 aromatic rings. The van der Waals surface area contributed by atoms with Crippen molar-refractivity contribution in [2.24, 2.45) is 0 Å². The van der Waals surface area contributed by atoms with Gasteiger partial charge in [-0.2, -0.15) is 13.2 Å². The number of anilines is 1. The van der Waals surface area contributed by atoms with Gasteiger partial charge in [0.1, 0.15) is 5.82 Å². The van der Waals surface area contributed by atoms with Gasteiger partial charge in [0.25, 0.3) is 0 Å². The van der Waals surface area contributed by atoms with E-state index in [1.807, 2.05) is 20.0 Å². The molecule has 18 heavy (non-hydrogen) atoms. The van der Waals surface area contributed by atoms with E-state index in [4.69, 9.17) is 0 Å². The maximum atomic E-state index is 12.1. The predicted molar refractivity (Wildman–Crippen MR) is 65.7 cm³/mol. The number of aromatic nitrogens is 1. The second kappa shape index (κ2) is 6.04. The zero-order chi connectivity index (χ0) is 13.8. The van der Waals surface area contributed by atoms with E-state index < -0.39 is 12.6 Å². The summed E-state index contributed by atoms with van der Waals surface area (Å²) in [6, 6.07) is 3.63. The van der Waals surface area contributed by atoms with Gasteiger partial charge in [0.15, 0.2) is 0 Å². The molecule has 0 radical (unpaired) electrons. The van der Waals surface area contributed by atoms with Gasteiger partial charge in [-0.15, -0.1) is 0 Å². The van der Waals surface area contributed by atoms with E-state index in [1.54, 1.807) is 13.1 Å². The minimum atomic E-state index is -4.13. The van der Waals surface area contributed by atoms with Crippen molar-refractivity contribution in [1.82, 2.24) is 10.3 Å². The highest BCUT2D eigenvalue weighted by Crippen LogP contribution is 2.21. The Bertz CT molecular complexity index is 391. The van der Waals surface area contributed by atoms with Gasteiger partial charge in [0.2, 0.25) is 0 Å². The first-order chi connectivity index (χ1) is 8.33. The van der Waals surface area contributed by atoms with Gasteiger partial charge in [-0.1, -0.05) is 6.07 Å². The van der Waals surface area contributed by atoms with Crippen LogP contribution in [-0.2, 0) is 6.54 Å². The first-order valence-electron chi connectivity index (χ1n) is 5.72. The number of aryl methyl sites for hydroxylation is 1. The van der Waals surface area contributed by atoms with Crippen molar-refractivity contribution in [2.45, 2.75) is 26.1 Å². The van der Waals surface area contributed by atoms with Crippen LogP contribution in [0.2, 0.25) is 0 Å². The normalized spacial score (nSPS) is 11.7. The van der Waals surface area contributed by atoms with Gasteiger partial charge in [0, 0.05) is 25.8 Å². The molecule has 0 saturated carbocycles. The number of rotatable bonds is 5. The number of pyridine rings is 1. The molecule has 6 heteroatoms. The van der Waals surface area contributed by atoms with E-state index in [9.17, 15) is 13.2 Å². The topological polar surface area (TPSA) is 28.2 Å². The number of hydrogen-bond donors (Lipinski definition) is 1. The summed E-state index contributed by atoms with van der Waals surface area (Å²) in [5.74, 6) is 0.566. The first kappa shape index (κ1) is 14.8. The lowest BCUT2D eigenvalue weighted by molar-refractivity contribution is -0.132. The number of halogens is 3. The molecule has 0 spiro atoms. The molecule has 0 aliphatic heterocycles. The zero-order valence-electron chi connectivity index (χ0n) is 10.8. The van der Waals surface area contributed by atoms with Crippen molar-refractivity contribution in [3.05, 3.63) is 23.4 Å². The smallest absolute Gasteiger partial charge is 0.359 e. The predicted octanol–water partition coefficient (Wildman–Crippen LogP) is 2.50. The molecule has 0 aromatic carbocycles. The number of alkyl halides is 3. The van der Waals surface area contributed by atoms with Crippen LogP contribution in [0.3, 0.4) is 0 Å². The van der Waals surface area contributed by atoms with Crippen LogP contribution in [0.5, 0.6) is 0 Å². The molecule has 0 atom stereocenters. The Morgan fingerprint density at radius 3 is 2.50 bits per heavy atom. The number of hydrogen-bond acceptors (Lipinski definition) is 3. The van der Waals surface area contributed by atoms with Crippen molar-refractivity contribution >= 4 is 5.82 Å². The van der Waals surface area contributed by atoms with Crippen molar-refractivity contribution in [2.75, 3.05) is 25.5 Å². The first-order valence-corrected chi connectivity index (χ1v) is 5.72. The molecule has 1 rings (SSSR count). The Hall–Kier alpha value is -1.30. The standard InChI is InChI=1S/C12H18F3N3/c1-9-10(8-16-2)4-5-11(17-9)18(3)7-6-12(13,14)15/h4-5,16H,6-8H2,1-3H3. The van der Waals surface area contributed by atoms with Crippen LogP contribution < -0.4 is 10.2 Å². The molecule has 0 unspecified atom stereocenters. The van der Waals surface area contributed by atoms with Crippen LogP contribution in [0, 0.1) is 6.92 Å². The lowest BCUT2D eigenvalue weighted by Crippen LogP contribution is -2.25. The number of nitrogens with zero attached hydrogens (tertiary/aromatic N) is 2. The van der Waals surface area contributed by atoms with Gasteiger partial charge in [0.05, 0.1) is 6.42 Å². The molecule has 102 valence electrons. The van der Waals surface area contributed by atoms with Gasteiger partial charge in [-0.25, -0.2) is 4.98 Å². The third kappa shape index (κ3) is 4.52. The van der Waals surface area contributed by atoms with Crippen LogP contribution in [0.1, 0.15) is 17.7 Å². The van der Waals surface area contributed by atoms with E-state index in [0.717, 1.165) is 11.3 Å². The SMILES string of the molecule is CNCc1ccc(N(C)CCC(F)(F)F)nc1C. The summed E-state index contributed by atoms with van der Waals surface area (Å²) < 4.78 is 36.4. The molecule has 1 aromatic heterocycles. The summed E-state index contributed by atoms with van der Waals surface area (Å²) in [6.07, 6.45) is -4.96. The van der Waals surface area contributed by atoms with Crippen LogP contribution in [0.4, 0.5) is 19.0 Å². The molecular formula is C12H18F3N3. The molecule has 1 heterocycles. The summed E-state index contributed by atoms with van der Waals surface area (Å²) in [6.45, 7) is 2.47. The molecule has 0 aliphatic rings. The van der Waals surface area contributed by atoms with E-state index in [0.29, 0.717) is 12.4 Å². The van der Waals surface area contributed by atoms with Crippen molar-refractivity contribution < 1.29 is 13.2 Å². The zero-order valence-corrected chi connectivity index (χ0v) is 10.8. The van der Waals surface area contributed by atoms with Gasteiger partial charge in [-0.05, 0) is 25.6 Å². The van der Waals surface area contributed by atoms with E-state index >= 15 is 0 Å². The summed E-state index contributed by atoms with van der Waals surface area (Å²) in [5.41, 5.74) is 1.88. The van der Waals surface area contributed by atoms with E-state index in [2.05, 4.69) is 10.3 Å². The molecule has 0 aliphatic carbocycles. The summed E-state index contributed by atoms with van der Waals surface area (Å²) in [4.78, 5) is 5.83. The van der Waals surface area contributed by atoms with Crippen LogP contribution >= 0.6 is 0 Å². The Morgan fingerprint density at radius 1 is 1.33 bits per heavy atom. The third-order valence-corrected chi connectivity index (χ3v) is 2.67. The fourth-order valence-electron chi connectivity index (χ4n) is 1.58. The van der Waals surface area contributed by atoms with Crippen molar-refractivity contribution in [3.8, 4) is 0 Å². The number of nitrogens with one attached hydrogen (secondary N) is 1. The fraction of sp³-hybridized carbons (Fsp3) is 0.583. The second-order valence-corrected chi connectivity index (χ2v) is 4.23. The van der Waals surface area contributed by atoms with Crippen LogP contribution in [0.15, 0.2) is 12.1 Å². The Kier molecular flexibility index (Phi) is 4.95. The Morgan fingerprint density at radius 2 is 2.00 bits per heavy atom. The molecule has 0 fully saturated rings. The van der Waals surface area contributed by atoms with E-state index in [-0.39, 0.29) is 6.54 Å². The monoisotopic (exact) mass is 261 g/mol. The minimum absolute atomic E-state index is 0.0820. The highest BCUT2D eigenvalue weighted by atomic mass is 19.4. The lowest BCUT2D eigenvalue weighted by atomic mass is 10.2. The summed E-state index contributed by atoms with van der Waals surface area (Å²) in [7, 11) is 3.45. The Labute approximate surface area is 105 Å². The molecule has 0 bridgehead atoms. The lowest BCUT2D eigenvalue weighted by Gasteiger charge is -2.20. The average Bonchev–Trinajstić information content (AvgIpc) is 2.28. The molecule has 0 saturated heterocycles. The van der Waals surface area contributed by atoms with Gasteiger partial charge >= 0.3 is 6.18 Å².